The van der Waals surface area contributed by atoms with Crippen LogP contribution < -0.4 is 4.74 Å². The Morgan fingerprint density at radius 2 is 2.53 bits per heavy atom. The third-order valence-corrected chi connectivity index (χ3v) is 2.74. The summed E-state index contributed by atoms with van der Waals surface area (Å²) in [6.07, 6.45) is 5.95. The molecule has 0 unspecified atom stereocenters. The summed E-state index contributed by atoms with van der Waals surface area (Å²) in [6, 6.07) is 0. The summed E-state index contributed by atoms with van der Waals surface area (Å²) in [5, 5.41) is 10.5. The molecule has 0 radical (unpaired) electrons. The van der Waals surface area contributed by atoms with Crippen LogP contribution in [0.1, 0.15) is 5.69 Å². The average molecular weight is 250 g/mol. The van der Waals surface area contributed by atoms with E-state index in [-0.39, 0.29) is 0 Å². The van der Waals surface area contributed by atoms with Gasteiger partial charge in [0, 0.05) is 17.7 Å². The van der Waals surface area contributed by atoms with E-state index in [0.29, 0.717) is 18.2 Å². The molecule has 0 saturated heterocycles. The zero-order valence-corrected chi connectivity index (χ0v) is 9.68. The SMILES string of the molecule is C=CCOc1nc2sccn2c1C=CC(=O)O. The molecule has 2 aromatic heterocycles. The summed E-state index contributed by atoms with van der Waals surface area (Å²) in [4.78, 5) is 15.5. The van der Waals surface area contributed by atoms with Crippen LogP contribution >= 0.6 is 11.3 Å². The predicted octanol–water partition coefficient (Wildman–Crippen LogP) is 2.06. The van der Waals surface area contributed by atoms with E-state index in [4.69, 9.17) is 9.84 Å². The van der Waals surface area contributed by atoms with Crippen molar-refractivity contribution < 1.29 is 14.6 Å². The van der Waals surface area contributed by atoms with Crippen molar-refractivity contribution in [3.05, 3.63) is 36.0 Å². The Morgan fingerprint density at radius 3 is 3.24 bits per heavy atom. The molecule has 0 atom stereocenters. The monoisotopic (exact) mass is 250 g/mol. The first-order chi connectivity index (χ1) is 8.22. The zero-order valence-electron chi connectivity index (χ0n) is 8.87. The molecule has 2 rings (SSSR count). The van der Waals surface area contributed by atoms with Gasteiger partial charge in [-0.05, 0) is 6.08 Å². The van der Waals surface area contributed by atoms with Crippen LogP contribution in [0.5, 0.6) is 5.88 Å². The number of carbonyl (C=O) groups is 1. The highest BCUT2D eigenvalue weighted by atomic mass is 32.1. The van der Waals surface area contributed by atoms with Crippen LogP contribution in [0.3, 0.4) is 0 Å². The molecule has 2 aromatic rings. The number of aromatic nitrogens is 2. The summed E-state index contributed by atoms with van der Waals surface area (Å²) in [5.41, 5.74) is 0.616. The molecule has 0 aromatic carbocycles. The lowest BCUT2D eigenvalue weighted by molar-refractivity contribution is -0.131. The minimum Gasteiger partial charge on any atom is -0.478 e. The number of thiazole rings is 1. The molecule has 5 nitrogen and oxygen atoms in total. The molecule has 6 heteroatoms. The Hall–Kier alpha value is -2.08. The highest BCUT2D eigenvalue weighted by Crippen LogP contribution is 2.24. The van der Waals surface area contributed by atoms with Crippen molar-refractivity contribution in [1.29, 1.82) is 0 Å². The van der Waals surface area contributed by atoms with Crippen molar-refractivity contribution in [2.45, 2.75) is 0 Å². The number of fused-ring (bicyclic) bond motifs is 1. The van der Waals surface area contributed by atoms with Crippen molar-refractivity contribution in [3.8, 4) is 5.88 Å². The predicted molar refractivity (Wildman–Crippen MR) is 65.4 cm³/mol. The van der Waals surface area contributed by atoms with Crippen LogP contribution in [0.2, 0.25) is 0 Å². The number of hydrogen-bond acceptors (Lipinski definition) is 4. The van der Waals surface area contributed by atoms with Gasteiger partial charge in [-0.3, -0.25) is 4.40 Å². The lowest BCUT2D eigenvalue weighted by atomic mass is 10.4. The van der Waals surface area contributed by atoms with Gasteiger partial charge in [0.2, 0.25) is 5.88 Å². The maximum absolute atomic E-state index is 10.5. The van der Waals surface area contributed by atoms with E-state index in [1.165, 1.54) is 17.4 Å². The van der Waals surface area contributed by atoms with Crippen molar-refractivity contribution in [3.63, 3.8) is 0 Å². The Morgan fingerprint density at radius 1 is 1.71 bits per heavy atom. The quantitative estimate of drug-likeness (QED) is 0.651. The third-order valence-electron chi connectivity index (χ3n) is 1.99. The fourth-order valence-corrected chi connectivity index (χ4v) is 2.04. The summed E-state index contributed by atoms with van der Waals surface area (Å²) >= 11 is 1.45. The molecule has 0 spiro atoms. The largest absolute Gasteiger partial charge is 0.478 e. The summed E-state index contributed by atoms with van der Waals surface area (Å²) < 4.78 is 7.15. The van der Waals surface area contributed by atoms with Crippen molar-refractivity contribution in [2.24, 2.45) is 0 Å². The van der Waals surface area contributed by atoms with Gasteiger partial charge >= 0.3 is 5.97 Å². The van der Waals surface area contributed by atoms with Crippen LogP contribution in [0, 0.1) is 0 Å². The smallest absolute Gasteiger partial charge is 0.328 e. The first-order valence-electron chi connectivity index (χ1n) is 4.82. The number of imidazole rings is 1. The molecular weight excluding hydrogens is 240 g/mol. The molecule has 0 aliphatic rings. The average Bonchev–Trinajstić information content (AvgIpc) is 2.83. The molecule has 0 aliphatic heterocycles. The first kappa shape index (κ1) is 11.4. The number of ether oxygens (including phenoxy) is 1. The lowest BCUT2D eigenvalue weighted by Crippen LogP contribution is -1.96. The minimum absolute atomic E-state index is 0.332. The fraction of sp³-hybridized carbons (Fsp3) is 0.0909. The number of rotatable bonds is 5. The number of hydrogen-bond donors (Lipinski definition) is 1. The van der Waals surface area contributed by atoms with Crippen LogP contribution in [0.25, 0.3) is 11.0 Å². The molecular formula is C11H10N2O3S. The second-order valence-corrected chi connectivity index (χ2v) is 4.00. The van der Waals surface area contributed by atoms with Gasteiger partial charge in [-0.25, -0.2) is 4.79 Å². The highest BCUT2D eigenvalue weighted by Gasteiger charge is 2.11. The van der Waals surface area contributed by atoms with Crippen molar-refractivity contribution >= 4 is 28.3 Å². The Labute approximate surface area is 101 Å². The Bertz CT molecular complexity index is 583. The van der Waals surface area contributed by atoms with Crippen molar-refractivity contribution in [2.75, 3.05) is 6.61 Å². The molecule has 17 heavy (non-hydrogen) atoms. The molecule has 0 amide bonds. The van der Waals surface area contributed by atoms with Gasteiger partial charge in [-0.1, -0.05) is 12.7 Å². The molecule has 2 heterocycles. The van der Waals surface area contributed by atoms with E-state index in [1.807, 2.05) is 11.6 Å². The lowest BCUT2D eigenvalue weighted by Gasteiger charge is -1.99. The van der Waals surface area contributed by atoms with Gasteiger partial charge in [-0.15, -0.1) is 11.3 Å². The van der Waals surface area contributed by atoms with Gasteiger partial charge < -0.3 is 9.84 Å². The summed E-state index contributed by atoms with van der Waals surface area (Å²) in [7, 11) is 0. The van der Waals surface area contributed by atoms with Gasteiger partial charge in [0.05, 0.1) is 0 Å². The highest BCUT2D eigenvalue weighted by molar-refractivity contribution is 7.15. The maximum atomic E-state index is 10.5. The van der Waals surface area contributed by atoms with Crippen molar-refractivity contribution in [1.82, 2.24) is 9.38 Å². The van der Waals surface area contributed by atoms with Gasteiger partial charge in [-0.2, -0.15) is 4.98 Å². The molecule has 1 N–H and O–H groups in total. The second kappa shape index (κ2) is 4.84. The minimum atomic E-state index is -1.01. The van der Waals surface area contributed by atoms with Crippen LogP contribution in [0.15, 0.2) is 30.3 Å². The third kappa shape index (κ3) is 2.36. The first-order valence-corrected chi connectivity index (χ1v) is 5.70. The topological polar surface area (TPSA) is 63.8 Å². The fourth-order valence-electron chi connectivity index (χ4n) is 1.33. The molecule has 88 valence electrons. The molecule has 0 fully saturated rings. The van der Waals surface area contributed by atoms with Gasteiger partial charge in [0.15, 0.2) is 4.96 Å². The Balaban J connectivity index is 2.42. The van der Waals surface area contributed by atoms with Crippen LogP contribution in [-0.2, 0) is 4.79 Å². The standard InChI is InChI=1S/C11H10N2O3S/c1-2-6-16-10-8(3-4-9(14)15)13-5-7-17-11(13)12-10/h2-5,7H,1,6H2,(H,14,15). The summed E-state index contributed by atoms with van der Waals surface area (Å²) in [5.74, 6) is -0.598. The number of aliphatic carboxylic acids is 1. The number of carboxylic acids is 1. The van der Waals surface area contributed by atoms with E-state index in [1.54, 1.807) is 10.5 Å². The van der Waals surface area contributed by atoms with Gasteiger partial charge in [0.1, 0.15) is 12.3 Å². The van der Waals surface area contributed by atoms with Crippen LogP contribution in [0.4, 0.5) is 0 Å². The second-order valence-electron chi connectivity index (χ2n) is 3.13. The van der Waals surface area contributed by atoms with Crippen LogP contribution in [-0.4, -0.2) is 27.1 Å². The maximum Gasteiger partial charge on any atom is 0.328 e. The van der Waals surface area contributed by atoms with E-state index < -0.39 is 5.97 Å². The van der Waals surface area contributed by atoms with E-state index in [0.717, 1.165) is 11.0 Å². The molecule has 0 aliphatic carbocycles. The van der Waals surface area contributed by atoms with E-state index >= 15 is 0 Å². The number of carboxylic acid groups (broad SMARTS) is 1. The normalized spacial score (nSPS) is 11.1. The molecule has 0 saturated carbocycles. The Kier molecular flexibility index (Phi) is 3.24. The van der Waals surface area contributed by atoms with E-state index in [2.05, 4.69) is 11.6 Å². The zero-order chi connectivity index (χ0) is 12.3. The number of nitrogens with zero attached hydrogens (tertiary/aromatic N) is 2. The summed E-state index contributed by atoms with van der Waals surface area (Å²) in [6.45, 7) is 3.88. The molecule has 0 bridgehead atoms. The van der Waals surface area contributed by atoms with Gasteiger partial charge in [0.25, 0.3) is 0 Å². The van der Waals surface area contributed by atoms with E-state index in [9.17, 15) is 4.79 Å².